The Morgan fingerprint density at radius 3 is 3.08 bits per heavy atom. The van der Waals surface area contributed by atoms with Gasteiger partial charge in [-0.15, -0.1) is 0 Å². The lowest BCUT2D eigenvalue weighted by molar-refractivity contribution is 1.08. The van der Waals surface area contributed by atoms with Crippen molar-refractivity contribution in [3.8, 4) is 0 Å². The summed E-state index contributed by atoms with van der Waals surface area (Å²) in [5, 5.41) is 0. The second-order valence-electron chi connectivity index (χ2n) is 2.54. The maximum absolute atomic E-state index is 10.9. The number of H-pyrrole nitrogens is 1. The van der Waals surface area contributed by atoms with Crippen molar-refractivity contribution in [3.63, 3.8) is 0 Å². The van der Waals surface area contributed by atoms with Crippen LogP contribution in [0.25, 0.3) is 11.0 Å². The van der Waals surface area contributed by atoms with E-state index in [1.54, 1.807) is 12.3 Å². The smallest absolute Gasteiger partial charge is 0.248 e. The van der Waals surface area contributed by atoms with E-state index >= 15 is 0 Å². The van der Waals surface area contributed by atoms with Crippen LogP contribution in [0, 0.1) is 6.92 Å². The summed E-state index contributed by atoms with van der Waals surface area (Å²) in [6.07, 6.45) is 1.61. The number of hydrogen-bond acceptors (Lipinski definition) is 3. The Balaban J connectivity index is 2.87. The summed E-state index contributed by atoms with van der Waals surface area (Å²) >= 11 is 0. The second-order valence-corrected chi connectivity index (χ2v) is 2.54. The van der Waals surface area contributed by atoms with Crippen molar-refractivity contribution in [1.82, 2.24) is 15.0 Å². The first kappa shape index (κ1) is 6.97. The van der Waals surface area contributed by atoms with E-state index in [2.05, 4.69) is 15.0 Å². The van der Waals surface area contributed by atoms with Gasteiger partial charge in [0.25, 0.3) is 0 Å². The molecule has 0 fully saturated rings. The van der Waals surface area contributed by atoms with Crippen LogP contribution in [0.4, 0.5) is 0 Å². The van der Waals surface area contributed by atoms with Crippen LogP contribution in [0.15, 0.2) is 23.1 Å². The van der Waals surface area contributed by atoms with E-state index in [0.717, 1.165) is 5.52 Å². The standard InChI is InChI=1S/C8H7N3O/c1-5-9-4-7-6(10-5)2-3-8(12)11-7/h2-4H,1H3,(H,11,12). The predicted octanol–water partition coefficient (Wildman–Crippen LogP) is 0.627. The molecule has 0 amide bonds. The van der Waals surface area contributed by atoms with E-state index in [9.17, 15) is 4.79 Å². The van der Waals surface area contributed by atoms with Gasteiger partial charge in [0.1, 0.15) is 5.82 Å². The maximum Gasteiger partial charge on any atom is 0.248 e. The first-order chi connectivity index (χ1) is 5.75. The molecule has 2 rings (SSSR count). The molecule has 60 valence electrons. The zero-order valence-electron chi connectivity index (χ0n) is 6.53. The number of aromatic amines is 1. The van der Waals surface area contributed by atoms with E-state index in [4.69, 9.17) is 0 Å². The van der Waals surface area contributed by atoms with Gasteiger partial charge in [0.05, 0.1) is 17.2 Å². The van der Waals surface area contributed by atoms with Crippen LogP contribution in [-0.2, 0) is 0 Å². The summed E-state index contributed by atoms with van der Waals surface area (Å²) in [5.41, 5.74) is 1.31. The first-order valence-electron chi connectivity index (χ1n) is 3.58. The summed E-state index contributed by atoms with van der Waals surface area (Å²) in [6, 6.07) is 3.14. The molecule has 4 heteroatoms. The number of pyridine rings is 1. The van der Waals surface area contributed by atoms with Gasteiger partial charge in [-0.1, -0.05) is 0 Å². The number of aryl methyl sites for hydroxylation is 1. The highest BCUT2D eigenvalue weighted by molar-refractivity contribution is 5.72. The number of nitrogens with one attached hydrogen (secondary N) is 1. The van der Waals surface area contributed by atoms with E-state index in [-0.39, 0.29) is 5.56 Å². The Labute approximate surface area is 68.3 Å². The third-order valence-electron chi connectivity index (χ3n) is 1.59. The van der Waals surface area contributed by atoms with Crippen molar-refractivity contribution < 1.29 is 0 Å². The van der Waals surface area contributed by atoms with E-state index < -0.39 is 0 Å². The van der Waals surface area contributed by atoms with Gasteiger partial charge >= 0.3 is 0 Å². The molecule has 2 heterocycles. The summed E-state index contributed by atoms with van der Waals surface area (Å²) in [6.45, 7) is 1.81. The van der Waals surface area contributed by atoms with Crippen LogP contribution in [0.2, 0.25) is 0 Å². The van der Waals surface area contributed by atoms with Gasteiger partial charge in [0.2, 0.25) is 5.56 Å². The molecule has 4 nitrogen and oxygen atoms in total. The van der Waals surface area contributed by atoms with Crippen LogP contribution in [0.1, 0.15) is 5.82 Å². The molecule has 2 aromatic heterocycles. The summed E-state index contributed by atoms with van der Waals surface area (Å²) in [5.74, 6) is 0.703. The van der Waals surface area contributed by atoms with Crippen molar-refractivity contribution >= 4 is 11.0 Å². The third-order valence-corrected chi connectivity index (χ3v) is 1.59. The molecule has 12 heavy (non-hydrogen) atoms. The van der Waals surface area contributed by atoms with Crippen molar-refractivity contribution in [2.45, 2.75) is 6.92 Å². The lowest BCUT2D eigenvalue weighted by Gasteiger charge is -1.95. The fraction of sp³-hybridized carbons (Fsp3) is 0.125. The Hall–Kier alpha value is -1.71. The van der Waals surface area contributed by atoms with Crippen molar-refractivity contribution in [1.29, 1.82) is 0 Å². The molecule has 0 unspecified atom stereocenters. The van der Waals surface area contributed by atoms with Crippen molar-refractivity contribution in [2.24, 2.45) is 0 Å². The molecule has 0 radical (unpaired) electrons. The predicted molar refractivity (Wildman–Crippen MR) is 44.9 cm³/mol. The summed E-state index contributed by atoms with van der Waals surface area (Å²) in [4.78, 5) is 21.6. The lowest BCUT2D eigenvalue weighted by atomic mass is 10.3. The average Bonchev–Trinajstić information content (AvgIpc) is 2.05. The van der Waals surface area contributed by atoms with Crippen LogP contribution < -0.4 is 5.56 Å². The molecule has 0 aliphatic rings. The molecule has 0 saturated carbocycles. The Kier molecular flexibility index (Phi) is 1.40. The second kappa shape index (κ2) is 2.41. The monoisotopic (exact) mass is 161 g/mol. The molecule has 0 saturated heterocycles. The highest BCUT2D eigenvalue weighted by Gasteiger charge is 1.95. The third kappa shape index (κ3) is 1.07. The van der Waals surface area contributed by atoms with E-state index in [1.165, 1.54) is 6.07 Å². The molecule has 0 aliphatic carbocycles. The van der Waals surface area contributed by atoms with Gasteiger partial charge in [-0.3, -0.25) is 4.79 Å². The maximum atomic E-state index is 10.9. The molecule has 2 aromatic rings. The normalized spacial score (nSPS) is 10.4. The van der Waals surface area contributed by atoms with Crippen LogP contribution in [0.3, 0.4) is 0 Å². The zero-order valence-corrected chi connectivity index (χ0v) is 6.53. The minimum absolute atomic E-state index is 0.130. The van der Waals surface area contributed by atoms with Gasteiger partial charge in [0.15, 0.2) is 0 Å². The van der Waals surface area contributed by atoms with Gasteiger partial charge in [-0.05, 0) is 13.0 Å². The molecule has 0 spiro atoms. The molecule has 0 aromatic carbocycles. The van der Waals surface area contributed by atoms with Crippen molar-refractivity contribution in [2.75, 3.05) is 0 Å². The SMILES string of the molecule is Cc1ncc2[nH]c(=O)ccc2n1. The number of hydrogen-bond donors (Lipinski definition) is 1. The fourth-order valence-corrected chi connectivity index (χ4v) is 1.04. The van der Waals surface area contributed by atoms with Crippen molar-refractivity contribution in [3.05, 3.63) is 34.5 Å². The van der Waals surface area contributed by atoms with E-state index in [0.29, 0.717) is 11.3 Å². The quantitative estimate of drug-likeness (QED) is 0.616. The molecule has 0 atom stereocenters. The van der Waals surface area contributed by atoms with E-state index in [1.807, 2.05) is 6.92 Å². The molecule has 0 bridgehead atoms. The van der Waals surface area contributed by atoms with Gasteiger partial charge in [0, 0.05) is 6.07 Å². The summed E-state index contributed by atoms with van der Waals surface area (Å²) in [7, 11) is 0. The fourth-order valence-electron chi connectivity index (χ4n) is 1.04. The number of aromatic nitrogens is 3. The van der Waals surface area contributed by atoms with Gasteiger partial charge in [-0.25, -0.2) is 9.97 Å². The van der Waals surface area contributed by atoms with Crippen LogP contribution in [0.5, 0.6) is 0 Å². The minimum atomic E-state index is -0.130. The topological polar surface area (TPSA) is 58.6 Å². The average molecular weight is 161 g/mol. The van der Waals surface area contributed by atoms with Gasteiger partial charge < -0.3 is 4.98 Å². The lowest BCUT2D eigenvalue weighted by Crippen LogP contribution is -2.03. The molecular weight excluding hydrogens is 154 g/mol. The van der Waals surface area contributed by atoms with Crippen LogP contribution >= 0.6 is 0 Å². The number of rotatable bonds is 0. The molecule has 1 N–H and O–H groups in total. The number of fused-ring (bicyclic) bond motifs is 1. The Morgan fingerprint density at radius 2 is 2.25 bits per heavy atom. The molecule has 0 aliphatic heterocycles. The van der Waals surface area contributed by atoms with Crippen LogP contribution in [-0.4, -0.2) is 15.0 Å². The Morgan fingerprint density at radius 1 is 1.42 bits per heavy atom. The summed E-state index contributed by atoms with van der Waals surface area (Å²) < 4.78 is 0. The highest BCUT2D eigenvalue weighted by Crippen LogP contribution is 2.02. The van der Waals surface area contributed by atoms with Gasteiger partial charge in [-0.2, -0.15) is 0 Å². The zero-order chi connectivity index (χ0) is 8.55. The largest absolute Gasteiger partial charge is 0.319 e. The minimum Gasteiger partial charge on any atom is -0.319 e. The molecular formula is C8H7N3O. The number of nitrogens with zero attached hydrogens (tertiary/aromatic N) is 2. The first-order valence-corrected chi connectivity index (χ1v) is 3.58. The highest BCUT2D eigenvalue weighted by atomic mass is 16.1. The Bertz CT molecular complexity index is 475.